The molecule has 0 aromatic carbocycles. The fourth-order valence-electron chi connectivity index (χ4n) is 5.61. The molecule has 1 nitrogen and oxygen atoms in total. The van der Waals surface area contributed by atoms with Crippen LogP contribution >= 0.6 is 0 Å². The van der Waals surface area contributed by atoms with Crippen molar-refractivity contribution in [2.24, 2.45) is 28.1 Å². The lowest BCUT2D eigenvalue weighted by Crippen LogP contribution is -2.50. The number of carbonyl (C=O) groups excluding carboxylic acids is 1. The lowest BCUT2D eigenvalue weighted by atomic mass is 9.48. The minimum atomic E-state index is 0.319. The van der Waals surface area contributed by atoms with Crippen molar-refractivity contribution in [2.45, 2.75) is 59.8 Å². The Kier molecular flexibility index (Phi) is 1.85. The highest BCUT2D eigenvalue weighted by Gasteiger charge is 2.75. The number of hydrogen-bond acceptors (Lipinski definition) is 1. The summed E-state index contributed by atoms with van der Waals surface area (Å²) in [5.74, 6) is 1.31. The minimum Gasteiger partial charge on any atom is -0.299 e. The van der Waals surface area contributed by atoms with E-state index in [1.165, 1.54) is 25.7 Å². The van der Waals surface area contributed by atoms with E-state index in [0.717, 1.165) is 6.42 Å². The van der Waals surface area contributed by atoms with Gasteiger partial charge in [-0.05, 0) is 41.9 Å². The van der Waals surface area contributed by atoms with E-state index in [4.69, 9.17) is 0 Å². The maximum Gasteiger partial charge on any atom is 0.139 e. The Balaban J connectivity index is 2.06. The zero-order valence-corrected chi connectivity index (χ0v) is 11.1. The number of ketones is 1. The molecule has 3 fully saturated rings. The summed E-state index contributed by atoms with van der Waals surface area (Å²) in [5.41, 5.74) is 1.22. The second-order valence-electron chi connectivity index (χ2n) is 7.53. The molecule has 0 N–H and O–H groups in total. The standard InChI is InChI=1S/C15H24O/c1-10-8-14(4)7-5-6-13(2,3)15(14)9-11(15)12(10)16/h10-11H,5-9H2,1-4H3/t10-,11-,14-,15-/m0/s1. The quantitative estimate of drug-likeness (QED) is 0.606. The first-order valence-corrected chi connectivity index (χ1v) is 6.88. The Morgan fingerprint density at radius 1 is 1.12 bits per heavy atom. The molecule has 0 aromatic heterocycles. The van der Waals surface area contributed by atoms with Gasteiger partial charge in [-0.2, -0.15) is 0 Å². The largest absolute Gasteiger partial charge is 0.299 e. The number of carbonyl (C=O) groups is 1. The second kappa shape index (κ2) is 2.73. The molecule has 3 aliphatic carbocycles. The van der Waals surface area contributed by atoms with E-state index in [9.17, 15) is 4.79 Å². The maximum absolute atomic E-state index is 12.2. The fourth-order valence-corrected chi connectivity index (χ4v) is 5.61. The molecule has 3 rings (SSSR count). The van der Waals surface area contributed by atoms with Gasteiger partial charge in [0, 0.05) is 11.8 Å². The van der Waals surface area contributed by atoms with E-state index in [1.54, 1.807) is 0 Å². The molecule has 1 heteroatoms. The lowest BCUT2D eigenvalue weighted by molar-refractivity contribution is -0.139. The first-order chi connectivity index (χ1) is 7.34. The molecule has 0 radical (unpaired) electrons. The molecule has 0 aliphatic heterocycles. The highest BCUT2D eigenvalue weighted by molar-refractivity contribution is 5.88. The summed E-state index contributed by atoms with van der Waals surface area (Å²) in [5, 5.41) is 0. The van der Waals surface area contributed by atoms with E-state index in [0.29, 0.717) is 33.9 Å². The predicted octanol–water partition coefficient (Wildman–Crippen LogP) is 3.82. The molecule has 0 bridgehead atoms. The average Bonchev–Trinajstić information content (AvgIpc) is 2.89. The molecule has 3 saturated carbocycles. The SMILES string of the molecule is C[C@H]1C[C@]2(C)CCCC(C)(C)[C@@]23C[C@H]3C1=O. The van der Waals surface area contributed by atoms with Gasteiger partial charge in [-0.1, -0.05) is 34.1 Å². The third kappa shape index (κ3) is 0.966. The smallest absolute Gasteiger partial charge is 0.139 e. The molecule has 0 aromatic rings. The van der Waals surface area contributed by atoms with Crippen LogP contribution in [0.5, 0.6) is 0 Å². The monoisotopic (exact) mass is 220 g/mol. The summed E-state index contributed by atoms with van der Waals surface area (Å²) in [6.45, 7) is 9.44. The number of rotatable bonds is 0. The van der Waals surface area contributed by atoms with E-state index >= 15 is 0 Å². The summed E-state index contributed by atoms with van der Waals surface area (Å²) < 4.78 is 0. The first-order valence-electron chi connectivity index (χ1n) is 6.88. The van der Waals surface area contributed by atoms with Crippen LogP contribution in [0.4, 0.5) is 0 Å². The zero-order valence-electron chi connectivity index (χ0n) is 11.1. The van der Waals surface area contributed by atoms with Crippen LogP contribution in [-0.2, 0) is 4.79 Å². The molecular formula is C15H24O. The zero-order chi connectivity index (χ0) is 11.8. The molecule has 4 atom stereocenters. The van der Waals surface area contributed by atoms with E-state index in [2.05, 4.69) is 27.7 Å². The van der Waals surface area contributed by atoms with Gasteiger partial charge >= 0.3 is 0 Å². The Morgan fingerprint density at radius 3 is 2.50 bits per heavy atom. The van der Waals surface area contributed by atoms with Crippen molar-refractivity contribution in [3.8, 4) is 0 Å². The number of Topliss-reactive ketones (excluding diaryl/α,β-unsaturated/α-hetero) is 1. The average molecular weight is 220 g/mol. The molecule has 0 saturated heterocycles. The predicted molar refractivity (Wildman–Crippen MR) is 65.1 cm³/mol. The van der Waals surface area contributed by atoms with Crippen LogP contribution in [0.15, 0.2) is 0 Å². The van der Waals surface area contributed by atoms with Crippen molar-refractivity contribution >= 4 is 5.78 Å². The summed E-state index contributed by atoms with van der Waals surface area (Å²) in [4.78, 5) is 12.2. The van der Waals surface area contributed by atoms with Crippen LogP contribution in [0.25, 0.3) is 0 Å². The van der Waals surface area contributed by atoms with Gasteiger partial charge in [-0.15, -0.1) is 0 Å². The molecule has 1 spiro atoms. The molecule has 90 valence electrons. The lowest BCUT2D eigenvalue weighted by Gasteiger charge is -2.56. The van der Waals surface area contributed by atoms with Gasteiger partial charge in [0.1, 0.15) is 5.78 Å². The summed E-state index contributed by atoms with van der Waals surface area (Å²) in [6.07, 6.45) is 6.37. The molecule has 0 amide bonds. The van der Waals surface area contributed by atoms with Crippen LogP contribution in [0.3, 0.4) is 0 Å². The normalized spacial score (nSPS) is 54.1. The van der Waals surface area contributed by atoms with Crippen LogP contribution in [0.2, 0.25) is 0 Å². The van der Waals surface area contributed by atoms with Gasteiger partial charge in [-0.25, -0.2) is 0 Å². The first kappa shape index (κ1) is 10.8. The molecule has 3 aliphatic rings. The molecular weight excluding hydrogens is 196 g/mol. The van der Waals surface area contributed by atoms with Crippen molar-refractivity contribution in [3.05, 3.63) is 0 Å². The topological polar surface area (TPSA) is 17.1 Å². The molecule has 16 heavy (non-hydrogen) atoms. The van der Waals surface area contributed by atoms with Gasteiger partial charge in [-0.3, -0.25) is 4.79 Å². The van der Waals surface area contributed by atoms with Gasteiger partial charge in [0.05, 0.1) is 0 Å². The van der Waals surface area contributed by atoms with Crippen molar-refractivity contribution in [3.63, 3.8) is 0 Å². The maximum atomic E-state index is 12.2. The fraction of sp³-hybridized carbons (Fsp3) is 0.933. The van der Waals surface area contributed by atoms with Crippen molar-refractivity contribution < 1.29 is 4.79 Å². The second-order valence-corrected chi connectivity index (χ2v) is 7.53. The van der Waals surface area contributed by atoms with E-state index < -0.39 is 0 Å². The van der Waals surface area contributed by atoms with E-state index in [-0.39, 0.29) is 0 Å². The van der Waals surface area contributed by atoms with Gasteiger partial charge in [0.2, 0.25) is 0 Å². The third-order valence-electron chi connectivity index (χ3n) is 6.36. The van der Waals surface area contributed by atoms with Crippen LogP contribution in [0.1, 0.15) is 59.8 Å². The van der Waals surface area contributed by atoms with Crippen molar-refractivity contribution in [1.82, 2.24) is 0 Å². The van der Waals surface area contributed by atoms with Crippen LogP contribution < -0.4 is 0 Å². The van der Waals surface area contributed by atoms with Gasteiger partial charge < -0.3 is 0 Å². The van der Waals surface area contributed by atoms with Gasteiger partial charge in [0.15, 0.2) is 0 Å². The van der Waals surface area contributed by atoms with Gasteiger partial charge in [0.25, 0.3) is 0 Å². The van der Waals surface area contributed by atoms with Crippen molar-refractivity contribution in [2.75, 3.05) is 0 Å². The highest BCUT2D eigenvalue weighted by Crippen LogP contribution is 2.79. The van der Waals surface area contributed by atoms with Crippen LogP contribution in [-0.4, -0.2) is 5.78 Å². The Labute approximate surface area is 99.0 Å². The summed E-state index contributed by atoms with van der Waals surface area (Å²) in [6, 6.07) is 0. The Bertz CT molecular complexity index is 356. The van der Waals surface area contributed by atoms with Crippen molar-refractivity contribution in [1.29, 1.82) is 0 Å². The molecule has 0 unspecified atom stereocenters. The third-order valence-corrected chi connectivity index (χ3v) is 6.36. The van der Waals surface area contributed by atoms with Crippen LogP contribution in [0, 0.1) is 28.1 Å². The highest BCUT2D eigenvalue weighted by atomic mass is 16.1. The number of hydrogen-bond donors (Lipinski definition) is 0. The summed E-state index contributed by atoms with van der Waals surface area (Å²) >= 11 is 0. The van der Waals surface area contributed by atoms with E-state index in [1.807, 2.05) is 0 Å². The Hall–Kier alpha value is -0.330. The minimum absolute atomic E-state index is 0.319. The molecule has 0 heterocycles. The summed E-state index contributed by atoms with van der Waals surface area (Å²) in [7, 11) is 0. The Morgan fingerprint density at radius 2 is 1.81 bits per heavy atom.